The van der Waals surface area contributed by atoms with Crippen LogP contribution in [0.1, 0.15) is 48.3 Å². The summed E-state index contributed by atoms with van der Waals surface area (Å²) in [4.78, 5) is 21.8. The van der Waals surface area contributed by atoms with Gasteiger partial charge < -0.3 is 14.0 Å². The maximum absolute atomic E-state index is 15.6. The van der Waals surface area contributed by atoms with Gasteiger partial charge in [0.1, 0.15) is 40.3 Å². The first kappa shape index (κ1) is 27.5. The summed E-state index contributed by atoms with van der Waals surface area (Å²) in [6, 6.07) is 2.82. The molecule has 1 aliphatic rings. The van der Waals surface area contributed by atoms with Crippen molar-refractivity contribution in [2.75, 3.05) is 14.2 Å². The van der Waals surface area contributed by atoms with Crippen LogP contribution >= 0.6 is 0 Å². The lowest BCUT2D eigenvalue weighted by molar-refractivity contribution is -0.140. The summed E-state index contributed by atoms with van der Waals surface area (Å²) in [5.41, 5.74) is 2.43. The van der Waals surface area contributed by atoms with E-state index in [2.05, 4.69) is 25.0 Å². The number of nitrogens with zero attached hydrogens (tertiary/aromatic N) is 8. The Morgan fingerprint density at radius 1 is 1.02 bits per heavy atom. The highest BCUT2D eigenvalue weighted by Gasteiger charge is 2.36. The molecule has 14 heteroatoms. The molecule has 0 aliphatic heterocycles. The number of hydrogen-bond donors (Lipinski definition) is 0. The number of benzene rings is 1. The Morgan fingerprint density at radius 3 is 2.48 bits per heavy atom. The van der Waals surface area contributed by atoms with Gasteiger partial charge in [0.25, 0.3) is 0 Å². The van der Waals surface area contributed by atoms with Crippen LogP contribution in [0.2, 0.25) is 0 Å². The van der Waals surface area contributed by atoms with Crippen molar-refractivity contribution in [2.24, 2.45) is 7.05 Å². The summed E-state index contributed by atoms with van der Waals surface area (Å²) in [5.74, 6) is 0.162. The third-order valence-electron chi connectivity index (χ3n) is 7.22. The third kappa shape index (κ3) is 4.80. The van der Waals surface area contributed by atoms with Crippen LogP contribution in [0.15, 0.2) is 30.9 Å². The molecule has 0 N–H and O–H groups in total. The SMILES string of the molecule is CCn1cc(C(F)(F)F)nc1-c1c(F)cc(Cc2nn(C)c3cnc(-c4c(OC)ncnc4C4CC4)nc23)cc1OC. The lowest BCUT2D eigenvalue weighted by Gasteiger charge is -2.13. The van der Waals surface area contributed by atoms with E-state index < -0.39 is 17.7 Å². The minimum Gasteiger partial charge on any atom is -0.496 e. The van der Waals surface area contributed by atoms with Crippen molar-refractivity contribution in [2.45, 2.75) is 44.8 Å². The van der Waals surface area contributed by atoms with Crippen LogP contribution in [-0.2, 0) is 26.2 Å². The second-order valence-electron chi connectivity index (χ2n) is 9.98. The molecule has 0 unspecified atom stereocenters. The van der Waals surface area contributed by atoms with Crippen LogP contribution in [0.5, 0.6) is 11.6 Å². The third-order valence-corrected chi connectivity index (χ3v) is 7.22. The number of halogens is 4. The maximum Gasteiger partial charge on any atom is 0.434 e. The predicted octanol–water partition coefficient (Wildman–Crippen LogP) is 5.35. The highest BCUT2D eigenvalue weighted by molar-refractivity contribution is 5.80. The summed E-state index contributed by atoms with van der Waals surface area (Å²) in [6.45, 7) is 1.81. The first-order valence-electron chi connectivity index (χ1n) is 13.2. The second-order valence-corrected chi connectivity index (χ2v) is 9.98. The van der Waals surface area contributed by atoms with Gasteiger partial charge in [0.05, 0.1) is 37.4 Å². The van der Waals surface area contributed by atoms with Crippen molar-refractivity contribution in [1.82, 2.24) is 39.3 Å². The summed E-state index contributed by atoms with van der Waals surface area (Å²) < 4.78 is 69.5. The van der Waals surface area contributed by atoms with Crippen LogP contribution in [0.4, 0.5) is 17.6 Å². The van der Waals surface area contributed by atoms with Crippen molar-refractivity contribution in [1.29, 1.82) is 0 Å². The molecule has 5 aromatic rings. The van der Waals surface area contributed by atoms with Gasteiger partial charge in [0.2, 0.25) is 5.88 Å². The average Bonchev–Trinajstić information content (AvgIpc) is 3.65. The fraction of sp³-hybridized carbons (Fsp3) is 0.357. The molecule has 0 saturated heterocycles. The predicted molar refractivity (Wildman–Crippen MR) is 144 cm³/mol. The molecule has 4 heterocycles. The standard InChI is InChI=1S/C28H26F4N8O2/c1-5-40-12-20(28(30,31)32)36-26(40)21-16(29)8-14(10-19(21)41-3)9-17-24-18(39(2)38-17)11-33-25(37-24)22-23(15-6-7-15)34-13-35-27(22)42-4/h8,10-13,15H,5-7,9H2,1-4H3. The van der Waals surface area contributed by atoms with Crippen LogP contribution in [0.3, 0.4) is 0 Å². The Hall–Kier alpha value is -4.62. The molecule has 6 rings (SSSR count). The van der Waals surface area contributed by atoms with E-state index in [0.717, 1.165) is 24.7 Å². The second kappa shape index (κ2) is 10.3. The van der Waals surface area contributed by atoms with Crippen molar-refractivity contribution in [3.63, 3.8) is 0 Å². The smallest absolute Gasteiger partial charge is 0.434 e. The van der Waals surface area contributed by atoms with E-state index in [0.29, 0.717) is 39.6 Å². The zero-order valence-corrected chi connectivity index (χ0v) is 23.2. The lowest BCUT2D eigenvalue weighted by Crippen LogP contribution is -2.05. The molecule has 218 valence electrons. The molecular formula is C28H26F4N8O2. The van der Waals surface area contributed by atoms with E-state index >= 15 is 4.39 Å². The van der Waals surface area contributed by atoms with Gasteiger partial charge >= 0.3 is 6.18 Å². The number of aryl methyl sites for hydroxylation is 2. The quantitative estimate of drug-likeness (QED) is 0.226. The summed E-state index contributed by atoms with van der Waals surface area (Å²) in [6.07, 6.45) is 1.49. The van der Waals surface area contributed by atoms with Gasteiger partial charge in [-0.2, -0.15) is 18.3 Å². The van der Waals surface area contributed by atoms with E-state index in [9.17, 15) is 13.2 Å². The number of imidazole rings is 1. The summed E-state index contributed by atoms with van der Waals surface area (Å²) in [7, 11) is 4.61. The number of ether oxygens (including phenoxy) is 2. The van der Waals surface area contributed by atoms with Crippen molar-refractivity contribution in [3.8, 4) is 34.4 Å². The molecule has 0 bridgehead atoms. The Kier molecular flexibility index (Phi) is 6.78. The van der Waals surface area contributed by atoms with Gasteiger partial charge in [-0.15, -0.1) is 0 Å². The molecule has 1 saturated carbocycles. The maximum atomic E-state index is 15.6. The molecule has 42 heavy (non-hydrogen) atoms. The lowest BCUT2D eigenvalue weighted by atomic mass is 10.0. The summed E-state index contributed by atoms with van der Waals surface area (Å²) in [5, 5.41) is 4.60. The zero-order chi connectivity index (χ0) is 29.8. The molecule has 4 aromatic heterocycles. The average molecular weight is 583 g/mol. The number of aromatic nitrogens is 8. The van der Waals surface area contributed by atoms with Crippen LogP contribution < -0.4 is 9.47 Å². The van der Waals surface area contributed by atoms with E-state index in [1.165, 1.54) is 31.2 Å². The van der Waals surface area contributed by atoms with Gasteiger partial charge in [-0.1, -0.05) is 0 Å². The van der Waals surface area contributed by atoms with Crippen molar-refractivity contribution >= 4 is 11.0 Å². The van der Waals surface area contributed by atoms with E-state index in [1.54, 1.807) is 30.9 Å². The van der Waals surface area contributed by atoms with Gasteiger partial charge in [0, 0.05) is 32.1 Å². The van der Waals surface area contributed by atoms with Crippen LogP contribution in [-0.4, -0.2) is 53.5 Å². The normalized spacial score (nSPS) is 13.6. The topological polar surface area (TPSA) is 106 Å². The molecule has 0 spiro atoms. The molecule has 0 atom stereocenters. The van der Waals surface area contributed by atoms with E-state index in [1.807, 2.05) is 0 Å². The van der Waals surface area contributed by atoms with E-state index in [4.69, 9.17) is 14.5 Å². The van der Waals surface area contributed by atoms with Crippen LogP contribution in [0, 0.1) is 5.82 Å². The monoisotopic (exact) mass is 582 g/mol. The molecule has 10 nitrogen and oxygen atoms in total. The zero-order valence-electron chi connectivity index (χ0n) is 23.2. The fourth-order valence-corrected chi connectivity index (χ4v) is 5.06. The number of alkyl halides is 3. The minimum absolute atomic E-state index is 0.0508. The van der Waals surface area contributed by atoms with Crippen LogP contribution in [0.25, 0.3) is 33.8 Å². The van der Waals surface area contributed by atoms with Gasteiger partial charge in [-0.05, 0) is 37.5 Å². The van der Waals surface area contributed by atoms with E-state index in [-0.39, 0.29) is 36.0 Å². The Morgan fingerprint density at radius 2 is 1.81 bits per heavy atom. The Balaban J connectivity index is 1.42. The molecule has 1 aromatic carbocycles. The van der Waals surface area contributed by atoms with Gasteiger partial charge in [-0.25, -0.2) is 29.3 Å². The minimum atomic E-state index is -4.67. The van der Waals surface area contributed by atoms with Gasteiger partial charge in [-0.3, -0.25) is 4.68 Å². The molecular weight excluding hydrogens is 556 g/mol. The van der Waals surface area contributed by atoms with Crippen molar-refractivity contribution < 1.29 is 27.0 Å². The first-order chi connectivity index (χ1) is 20.1. The Bertz CT molecular complexity index is 1810. The largest absolute Gasteiger partial charge is 0.496 e. The Labute approximate surface area is 237 Å². The van der Waals surface area contributed by atoms with Crippen molar-refractivity contribution in [3.05, 3.63) is 59.3 Å². The molecule has 1 fully saturated rings. The molecule has 0 amide bonds. The molecule has 0 radical (unpaired) electrons. The highest BCUT2D eigenvalue weighted by Crippen LogP contribution is 2.45. The number of fused-ring (bicyclic) bond motifs is 1. The number of hydrogen-bond acceptors (Lipinski definition) is 8. The summed E-state index contributed by atoms with van der Waals surface area (Å²) >= 11 is 0. The number of methoxy groups -OCH3 is 2. The first-order valence-corrected chi connectivity index (χ1v) is 13.2. The molecule has 1 aliphatic carbocycles. The van der Waals surface area contributed by atoms with Gasteiger partial charge in [0.15, 0.2) is 11.5 Å². The number of rotatable bonds is 8. The fourth-order valence-electron chi connectivity index (χ4n) is 5.06. The highest BCUT2D eigenvalue weighted by atomic mass is 19.4.